The molecule has 0 radical (unpaired) electrons. The van der Waals surface area contributed by atoms with Crippen molar-refractivity contribution >= 4 is 11.7 Å². The molecule has 31 heavy (non-hydrogen) atoms. The molecule has 0 spiro atoms. The molecule has 1 aliphatic rings. The third-order valence-electron chi connectivity index (χ3n) is 5.85. The van der Waals surface area contributed by atoms with Crippen molar-refractivity contribution in [2.75, 3.05) is 5.32 Å². The molecule has 7 heteroatoms. The maximum Gasteiger partial charge on any atom is 0.573 e. The van der Waals surface area contributed by atoms with Crippen molar-refractivity contribution in [3.63, 3.8) is 0 Å². The van der Waals surface area contributed by atoms with Crippen LogP contribution in [-0.4, -0.2) is 12.4 Å². The first-order chi connectivity index (χ1) is 14.8. The summed E-state index contributed by atoms with van der Waals surface area (Å²) >= 11 is 0. The quantitative estimate of drug-likeness (QED) is 0.490. The van der Waals surface area contributed by atoms with Gasteiger partial charge in [-0.15, -0.1) is 13.2 Å². The number of urea groups is 1. The number of carbonyl (C=O) groups is 1. The van der Waals surface area contributed by atoms with Gasteiger partial charge >= 0.3 is 12.4 Å². The summed E-state index contributed by atoms with van der Waals surface area (Å²) in [6.07, 6.45) is 2.18. The molecule has 1 unspecified atom stereocenters. The first-order valence-corrected chi connectivity index (χ1v) is 10.8. The second-order valence-corrected chi connectivity index (χ2v) is 8.13. The SMILES string of the molecule is CCCC1CCC(C(NC(=O)Nc2ccc(OC(F)(F)F)cc2)c2ccccc2)CC1. The van der Waals surface area contributed by atoms with Crippen LogP contribution in [0.15, 0.2) is 54.6 Å². The normalized spacial score (nSPS) is 20.0. The number of benzene rings is 2. The molecular weight excluding hydrogens is 405 g/mol. The van der Waals surface area contributed by atoms with Crippen LogP contribution in [0, 0.1) is 11.8 Å². The van der Waals surface area contributed by atoms with Crippen molar-refractivity contribution in [1.29, 1.82) is 0 Å². The number of amides is 2. The third-order valence-corrected chi connectivity index (χ3v) is 5.85. The van der Waals surface area contributed by atoms with Crippen LogP contribution in [0.25, 0.3) is 0 Å². The number of halogens is 3. The lowest BCUT2D eigenvalue weighted by molar-refractivity contribution is -0.274. The van der Waals surface area contributed by atoms with Crippen LogP contribution < -0.4 is 15.4 Å². The number of nitrogens with one attached hydrogen (secondary N) is 2. The second kappa shape index (κ2) is 10.6. The van der Waals surface area contributed by atoms with Crippen LogP contribution in [0.2, 0.25) is 0 Å². The minimum Gasteiger partial charge on any atom is -0.406 e. The summed E-state index contributed by atoms with van der Waals surface area (Å²) in [4.78, 5) is 12.7. The summed E-state index contributed by atoms with van der Waals surface area (Å²) in [5.74, 6) is 0.789. The summed E-state index contributed by atoms with van der Waals surface area (Å²) in [6, 6.07) is 14.5. The van der Waals surface area contributed by atoms with E-state index >= 15 is 0 Å². The predicted molar refractivity (Wildman–Crippen MR) is 115 cm³/mol. The highest BCUT2D eigenvalue weighted by Crippen LogP contribution is 2.38. The van der Waals surface area contributed by atoms with Crippen molar-refractivity contribution in [3.05, 3.63) is 60.2 Å². The molecule has 1 aliphatic carbocycles. The molecule has 1 atom stereocenters. The lowest BCUT2D eigenvalue weighted by Gasteiger charge is -2.34. The fourth-order valence-electron chi connectivity index (χ4n) is 4.40. The van der Waals surface area contributed by atoms with Gasteiger partial charge in [-0.1, -0.05) is 62.9 Å². The molecule has 1 saturated carbocycles. The van der Waals surface area contributed by atoms with E-state index in [0.717, 1.165) is 24.3 Å². The zero-order valence-electron chi connectivity index (χ0n) is 17.6. The van der Waals surface area contributed by atoms with E-state index in [-0.39, 0.29) is 17.8 Å². The Hall–Kier alpha value is -2.70. The maximum atomic E-state index is 12.7. The first-order valence-electron chi connectivity index (χ1n) is 10.8. The van der Waals surface area contributed by atoms with Gasteiger partial charge in [0.15, 0.2) is 0 Å². The third kappa shape index (κ3) is 7.19. The van der Waals surface area contributed by atoms with E-state index in [1.165, 1.54) is 49.9 Å². The van der Waals surface area contributed by atoms with Gasteiger partial charge in [-0.2, -0.15) is 0 Å². The molecule has 0 aliphatic heterocycles. The fraction of sp³-hybridized carbons (Fsp3) is 0.458. The van der Waals surface area contributed by atoms with Crippen molar-refractivity contribution in [2.24, 2.45) is 11.8 Å². The molecule has 4 nitrogen and oxygen atoms in total. The summed E-state index contributed by atoms with van der Waals surface area (Å²) < 4.78 is 40.8. The van der Waals surface area contributed by atoms with E-state index in [1.807, 2.05) is 30.3 Å². The summed E-state index contributed by atoms with van der Waals surface area (Å²) in [5, 5.41) is 5.80. The highest BCUT2D eigenvalue weighted by molar-refractivity contribution is 5.89. The van der Waals surface area contributed by atoms with E-state index in [0.29, 0.717) is 11.6 Å². The maximum absolute atomic E-state index is 12.7. The molecule has 0 aromatic heterocycles. The number of rotatable bonds is 7. The highest BCUT2D eigenvalue weighted by atomic mass is 19.4. The molecular formula is C24H29F3N2O2. The van der Waals surface area contributed by atoms with Crippen LogP contribution in [0.4, 0.5) is 23.7 Å². The van der Waals surface area contributed by atoms with Crippen LogP contribution in [0.5, 0.6) is 5.75 Å². The van der Waals surface area contributed by atoms with Crippen LogP contribution >= 0.6 is 0 Å². The number of alkyl halides is 3. The predicted octanol–water partition coefficient (Wildman–Crippen LogP) is 7.05. The van der Waals surface area contributed by atoms with Crippen LogP contribution in [0.3, 0.4) is 0 Å². The summed E-state index contributed by atoms with van der Waals surface area (Å²) in [7, 11) is 0. The fourth-order valence-corrected chi connectivity index (χ4v) is 4.40. The molecule has 2 aromatic rings. The molecule has 168 valence electrons. The van der Waals surface area contributed by atoms with Gasteiger partial charge < -0.3 is 15.4 Å². The Labute approximate surface area is 181 Å². The molecule has 1 fully saturated rings. The van der Waals surface area contributed by atoms with Crippen LogP contribution in [0.1, 0.15) is 57.1 Å². The van der Waals surface area contributed by atoms with Crippen molar-refractivity contribution in [3.8, 4) is 5.75 Å². The molecule has 2 N–H and O–H groups in total. The first kappa shape index (κ1) is 23.0. The molecule has 0 bridgehead atoms. The van der Waals surface area contributed by atoms with E-state index in [4.69, 9.17) is 0 Å². The summed E-state index contributed by atoms with van der Waals surface area (Å²) in [6.45, 7) is 2.21. The number of hydrogen-bond donors (Lipinski definition) is 2. The van der Waals surface area contributed by atoms with Crippen LogP contribution in [-0.2, 0) is 0 Å². The standard InChI is InChI=1S/C24H29F3N2O2/c1-2-6-17-9-11-19(12-10-17)22(18-7-4-3-5-8-18)29-23(30)28-20-13-15-21(16-14-20)31-24(25,26)27/h3-5,7-8,13-17,19,22H,2,6,9-12H2,1H3,(H2,28,29,30). The van der Waals surface area contributed by atoms with Crippen molar-refractivity contribution < 1.29 is 22.7 Å². The van der Waals surface area contributed by atoms with E-state index in [1.54, 1.807) is 0 Å². The summed E-state index contributed by atoms with van der Waals surface area (Å²) in [5.41, 5.74) is 1.45. The van der Waals surface area contributed by atoms with Gasteiger partial charge in [0.2, 0.25) is 0 Å². The molecule has 0 heterocycles. The van der Waals surface area contributed by atoms with Crippen molar-refractivity contribution in [1.82, 2.24) is 5.32 Å². The van der Waals surface area contributed by atoms with E-state index in [2.05, 4.69) is 22.3 Å². The smallest absolute Gasteiger partial charge is 0.406 e. The Morgan fingerprint density at radius 3 is 2.26 bits per heavy atom. The Balaban J connectivity index is 1.63. The zero-order chi connectivity index (χ0) is 22.3. The topological polar surface area (TPSA) is 50.4 Å². The average molecular weight is 435 g/mol. The zero-order valence-corrected chi connectivity index (χ0v) is 17.6. The number of carbonyl (C=O) groups excluding carboxylic acids is 1. The average Bonchev–Trinajstić information content (AvgIpc) is 2.74. The van der Waals surface area contributed by atoms with Gasteiger partial charge in [-0.05, 0) is 54.5 Å². The van der Waals surface area contributed by atoms with E-state index in [9.17, 15) is 18.0 Å². The number of ether oxygens (including phenoxy) is 1. The monoisotopic (exact) mass is 434 g/mol. The van der Waals surface area contributed by atoms with Gasteiger partial charge in [0.1, 0.15) is 5.75 Å². The lowest BCUT2D eigenvalue weighted by atomic mass is 9.75. The Bertz CT molecular complexity index is 817. The van der Waals surface area contributed by atoms with Crippen molar-refractivity contribution in [2.45, 2.75) is 57.9 Å². The van der Waals surface area contributed by atoms with E-state index < -0.39 is 6.36 Å². The van der Waals surface area contributed by atoms with Gasteiger partial charge in [-0.25, -0.2) is 4.79 Å². The highest BCUT2D eigenvalue weighted by Gasteiger charge is 2.31. The Morgan fingerprint density at radius 2 is 1.68 bits per heavy atom. The molecule has 2 amide bonds. The Kier molecular flexibility index (Phi) is 7.82. The minimum absolute atomic E-state index is 0.114. The van der Waals surface area contributed by atoms with Gasteiger partial charge in [0.25, 0.3) is 0 Å². The lowest BCUT2D eigenvalue weighted by Crippen LogP contribution is -2.37. The largest absolute Gasteiger partial charge is 0.573 e. The molecule has 3 rings (SSSR count). The van der Waals surface area contributed by atoms with Gasteiger partial charge in [0, 0.05) is 5.69 Å². The second-order valence-electron chi connectivity index (χ2n) is 8.13. The molecule has 0 saturated heterocycles. The number of hydrogen-bond acceptors (Lipinski definition) is 2. The molecule has 2 aromatic carbocycles. The minimum atomic E-state index is -4.74. The number of anilines is 1. The van der Waals surface area contributed by atoms with Gasteiger partial charge in [-0.3, -0.25) is 0 Å². The van der Waals surface area contributed by atoms with Gasteiger partial charge in [0.05, 0.1) is 6.04 Å². The Morgan fingerprint density at radius 1 is 1.03 bits per heavy atom.